The summed E-state index contributed by atoms with van der Waals surface area (Å²) in [5, 5.41) is 0. The number of rotatable bonds is 2. The van der Waals surface area contributed by atoms with Crippen LogP contribution in [-0.4, -0.2) is 5.78 Å². The molecule has 0 aromatic heterocycles. The van der Waals surface area contributed by atoms with Crippen LogP contribution < -0.4 is 0 Å². The molecule has 0 radical (unpaired) electrons. The van der Waals surface area contributed by atoms with Crippen molar-refractivity contribution in [3.05, 3.63) is 35.9 Å². The van der Waals surface area contributed by atoms with E-state index in [-0.39, 0.29) is 0 Å². The van der Waals surface area contributed by atoms with Crippen molar-refractivity contribution < 1.29 is 4.79 Å². The standard InChI is InChI=1S/C17H20O/c18-17-14-7-12-6-13(10-14)15(16(17)9-12)8-11-4-2-1-3-5-11/h1-5,12-16H,6-10H2. The number of ketones is 1. The van der Waals surface area contributed by atoms with Gasteiger partial charge in [-0.15, -0.1) is 0 Å². The smallest absolute Gasteiger partial charge is 0.139 e. The Kier molecular flexibility index (Phi) is 2.36. The van der Waals surface area contributed by atoms with Crippen LogP contribution in [0.15, 0.2) is 30.3 Å². The molecule has 4 aliphatic rings. The molecular weight excluding hydrogens is 220 g/mol. The summed E-state index contributed by atoms with van der Waals surface area (Å²) in [6.07, 6.45) is 6.13. The first-order valence-electron chi connectivity index (χ1n) is 7.39. The third-order valence-corrected chi connectivity index (χ3v) is 5.63. The maximum absolute atomic E-state index is 12.4. The molecule has 0 saturated heterocycles. The van der Waals surface area contributed by atoms with Crippen LogP contribution in [0.3, 0.4) is 0 Å². The van der Waals surface area contributed by atoms with E-state index >= 15 is 0 Å². The molecule has 4 saturated carbocycles. The van der Waals surface area contributed by atoms with Crippen molar-refractivity contribution in [1.82, 2.24) is 0 Å². The van der Waals surface area contributed by atoms with E-state index in [9.17, 15) is 4.79 Å². The Morgan fingerprint density at radius 2 is 1.83 bits per heavy atom. The van der Waals surface area contributed by atoms with Crippen LogP contribution in [0.2, 0.25) is 0 Å². The predicted octanol–water partition coefficient (Wildman–Crippen LogP) is 3.48. The quantitative estimate of drug-likeness (QED) is 0.773. The summed E-state index contributed by atoms with van der Waals surface area (Å²) in [6, 6.07) is 10.7. The van der Waals surface area contributed by atoms with E-state index in [0.29, 0.717) is 23.5 Å². The fraction of sp³-hybridized carbons (Fsp3) is 0.588. The summed E-state index contributed by atoms with van der Waals surface area (Å²) in [5.74, 6) is 3.82. The SMILES string of the molecule is O=C1C2CC3CC(C2)C(Cc2ccccc2)C1C3. The molecule has 0 aliphatic heterocycles. The number of carbonyl (C=O) groups is 1. The molecule has 0 spiro atoms. The van der Waals surface area contributed by atoms with E-state index < -0.39 is 0 Å². The lowest BCUT2D eigenvalue weighted by Gasteiger charge is -2.53. The van der Waals surface area contributed by atoms with Crippen molar-refractivity contribution in [3.8, 4) is 0 Å². The van der Waals surface area contributed by atoms with E-state index in [1.54, 1.807) is 0 Å². The second-order valence-electron chi connectivity index (χ2n) is 6.63. The molecule has 4 fully saturated rings. The highest BCUT2D eigenvalue weighted by Crippen LogP contribution is 2.55. The molecule has 5 unspecified atom stereocenters. The third-order valence-electron chi connectivity index (χ3n) is 5.63. The fourth-order valence-corrected chi connectivity index (χ4v) is 4.95. The Labute approximate surface area is 109 Å². The summed E-state index contributed by atoms with van der Waals surface area (Å²) < 4.78 is 0. The van der Waals surface area contributed by atoms with Crippen molar-refractivity contribution in [2.45, 2.75) is 32.1 Å². The van der Waals surface area contributed by atoms with Crippen LogP contribution in [0.25, 0.3) is 0 Å². The minimum Gasteiger partial charge on any atom is -0.299 e. The average molecular weight is 240 g/mol. The molecule has 1 nitrogen and oxygen atoms in total. The van der Waals surface area contributed by atoms with Crippen LogP contribution in [0.5, 0.6) is 0 Å². The molecule has 4 bridgehead atoms. The number of hydrogen-bond donors (Lipinski definition) is 0. The highest BCUT2D eigenvalue weighted by atomic mass is 16.1. The maximum Gasteiger partial charge on any atom is 0.139 e. The molecule has 1 aromatic carbocycles. The van der Waals surface area contributed by atoms with Crippen molar-refractivity contribution in [1.29, 1.82) is 0 Å². The van der Waals surface area contributed by atoms with E-state index in [1.165, 1.54) is 31.2 Å². The first-order chi connectivity index (χ1) is 8.81. The highest BCUT2D eigenvalue weighted by Gasteiger charge is 2.52. The van der Waals surface area contributed by atoms with Gasteiger partial charge in [-0.05, 0) is 55.4 Å². The molecule has 94 valence electrons. The Morgan fingerprint density at radius 1 is 1.00 bits per heavy atom. The highest BCUT2D eigenvalue weighted by molar-refractivity contribution is 5.85. The number of Topliss-reactive ketones (excluding diaryl/α,β-unsaturated/α-hetero) is 1. The van der Waals surface area contributed by atoms with Crippen LogP contribution in [-0.2, 0) is 11.2 Å². The Morgan fingerprint density at radius 3 is 2.67 bits per heavy atom. The molecule has 0 N–H and O–H groups in total. The van der Waals surface area contributed by atoms with Crippen molar-refractivity contribution >= 4 is 5.78 Å². The molecule has 18 heavy (non-hydrogen) atoms. The van der Waals surface area contributed by atoms with Gasteiger partial charge in [0.05, 0.1) is 0 Å². The zero-order valence-corrected chi connectivity index (χ0v) is 10.7. The first kappa shape index (κ1) is 10.8. The average Bonchev–Trinajstić information content (AvgIpc) is 2.40. The van der Waals surface area contributed by atoms with Gasteiger partial charge in [-0.3, -0.25) is 4.79 Å². The van der Waals surface area contributed by atoms with Crippen molar-refractivity contribution in [3.63, 3.8) is 0 Å². The first-order valence-corrected chi connectivity index (χ1v) is 7.39. The lowest BCUT2D eigenvalue weighted by molar-refractivity contribution is -0.146. The van der Waals surface area contributed by atoms with Gasteiger partial charge in [0.15, 0.2) is 0 Å². The topological polar surface area (TPSA) is 17.1 Å². The Balaban J connectivity index is 1.60. The summed E-state index contributed by atoms with van der Waals surface area (Å²) in [5.41, 5.74) is 1.42. The minimum atomic E-state index is 0.404. The van der Waals surface area contributed by atoms with Gasteiger partial charge < -0.3 is 0 Å². The third kappa shape index (κ3) is 1.56. The molecule has 5 rings (SSSR count). The van der Waals surface area contributed by atoms with E-state index in [0.717, 1.165) is 18.3 Å². The lowest BCUT2D eigenvalue weighted by atomic mass is 9.50. The minimum absolute atomic E-state index is 0.404. The van der Waals surface area contributed by atoms with E-state index in [4.69, 9.17) is 0 Å². The van der Waals surface area contributed by atoms with Crippen LogP contribution >= 0.6 is 0 Å². The molecule has 4 aliphatic carbocycles. The van der Waals surface area contributed by atoms with Gasteiger partial charge in [-0.1, -0.05) is 30.3 Å². The second-order valence-corrected chi connectivity index (χ2v) is 6.63. The van der Waals surface area contributed by atoms with Gasteiger partial charge >= 0.3 is 0 Å². The van der Waals surface area contributed by atoms with Crippen LogP contribution in [0, 0.1) is 29.6 Å². The zero-order valence-electron chi connectivity index (χ0n) is 10.7. The Hall–Kier alpha value is -1.11. The Bertz CT molecular complexity index is 464. The van der Waals surface area contributed by atoms with Crippen LogP contribution in [0.4, 0.5) is 0 Å². The van der Waals surface area contributed by atoms with Gasteiger partial charge in [-0.25, -0.2) is 0 Å². The van der Waals surface area contributed by atoms with E-state index in [1.807, 2.05) is 0 Å². The number of hydrogen-bond acceptors (Lipinski definition) is 1. The summed E-state index contributed by atoms with van der Waals surface area (Å²) in [7, 11) is 0. The van der Waals surface area contributed by atoms with Gasteiger partial charge in [-0.2, -0.15) is 0 Å². The largest absolute Gasteiger partial charge is 0.299 e. The normalized spacial score (nSPS) is 41.3. The monoisotopic (exact) mass is 240 g/mol. The summed E-state index contributed by atoms with van der Waals surface area (Å²) in [4.78, 5) is 12.4. The zero-order chi connectivity index (χ0) is 12.1. The van der Waals surface area contributed by atoms with Crippen molar-refractivity contribution in [2.75, 3.05) is 0 Å². The van der Waals surface area contributed by atoms with Gasteiger partial charge in [0.2, 0.25) is 0 Å². The molecule has 1 aromatic rings. The predicted molar refractivity (Wildman–Crippen MR) is 71.1 cm³/mol. The summed E-state index contributed by atoms with van der Waals surface area (Å²) >= 11 is 0. The molecule has 0 heterocycles. The second kappa shape index (κ2) is 3.94. The lowest BCUT2D eigenvalue weighted by Crippen LogP contribution is -2.51. The van der Waals surface area contributed by atoms with Crippen LogP contribution in [0.1, 0.15) is 31.2 Å². The summed E-state index contributed by atoms with van der Waals surface area (Å²) in [6.45, 7) is 0. The molecule has 0 amide bonds. The van der Waals surface area contributed by atoms with Gasteiger partial charge in [0.1, 0.15) is 5.78 Å². The van der Waals surface area contributed by atoms with Crippen molar-refractivity contribution in [2.24, 2.45) is 29.6 Å². The number of carbonyl (C=O) groups excluding carboxylic acids is 1. The van der Waals surface area contributed by atoms with E-state index in [2.05, 4.69) is 30.3 Å². The van der Waals surface area contributed by atoms with Gasteiger partial charge in [0, 0.05) is 11.8 Å². The fourth-order valence-electron chi connectivity index (χ4n) is 4.95. The maximum atomic E-state index is 12.4. The molecular formula is C17H20O. The number of benzene rings is 1. The molecule has 1 heteroatoms. The van der Waals surface area contributed by atoms with Gasteiger partial charge in [0.25, 0.3) is 0 Å². The molecule has 5 atom stereocenters.